The molecule has 0 aromatic carbocycles. The van der Waals surface area contributed by atoms with E-state index in [1.165, 1.54) is 0 Å². The van der Waals surface area contributed by atoms with E-state index in [0.717, 1.165) is 18.9 Å². The molecule has 0 saturated carbocycles. The third-order valence-electron chi connectivity index (χ3n) is 2.84. The lowest BCUT2D eigenvalue weighted by Crippen LogP contribution is -2.24. The molecule has 1 aromatic heterocycles. The molecule has 118 valence electrons. The molecule has 0 atom stereocenters. The van der Waals surface area contributed by atoms with Gasteiger partial charge in [0.1, 0.15) is 18.3 Å². The number of pyridine rings is 1. The fourth-order valence-corrected chi connectivity index (χ4v) is 1.79. The third-order valence-corrected chi connectivity index (χ3v) is 2.84. The summed E-state index contributed by atoms with van der Waals surface area (Å²) < 4.78 is 0. The van der Waals surface area contributed by atoms with Crippen molar-refractivity contribution in [3.63, 3.8) is 0 Å². The SMILES string of the molecule is CCN(CC)c1ccc(C(=NCCO[N+](=O)[O-])NC#N)cn1. The first-order valence-corrected chi connectivity index (χ1v) is 6.80. The summed E-state index contributed by atoms with van der Waals surface area (Å²) in [5.74, 6) is 1.13. The van der Waals surface area contributed by atoms with Gasteiger partial charge in [-0.15, -0.1) is 10.1 Å². The summed E-state index contributed by atoms with van der Waals surface area (Å²) in [5.41, 5.74) is 0.624. The van der Waals surface area contributed by atoms with Crippen LogP contribution in [0.5, 0.6) is 0 Å². The number of nitrogens with zero attached hydrogens (tertiary/aromatic N) is 5. The van der Waals surface area contributed by atoms with Crippen molar-refractivity contribution in [1.29, 1.82) is 5.26 Å². The monoisotopic (exact) mass is 306 g/mol. The summed E-state index contributed by atoms with van der Waals surface area (Å²) in [6.07, 6.45) is 3.38. The van der Waals surface area contributed by atoms with Crippen LogP contribution in [0.3, 0.4) is 0 Å². The second-order valence-corrected chi connectivity index (χ2v) is 4.10. The van der Waals surface area contributed by atoms with Gasteiger partial charge >= 0.3 is 0 Å². The predicted octanol–water partition coefficient (Wildman–Crippen LogP) is 0.953. The fourth-order valence-electron chi connectivity index (χ4n) is 1.79. The number of nitriles is 1. The van der Waals surface area contributed by atoms with E-state index in [-0.39, 0.29) is 13.2 Å². The van der Waals surface area contributed by atoms with E-state index in [1.807, 2.05) is 19.9 Å². The minimum absolute atomic E-state index is 0.0583. The lowest BCUT2D eigenvalue weighted by atomic mass is 10.2. The molecule has 9 heteroatoms. The Morgan fingerprint density at radius 1 is 1.55 bits per heavy atom. The molecule has 0 spiro atoms. The molecular formula is C13H18N6O3. The van der Waals surface area contributed by atoms with Gasteiger partial charge < -0.3 is 9.74 Å². The quantitative estimate of drug-likeness (QED) is 0.144. The van der Waals surface area contributed by atoms with Crippen LogP contribution in [0, 0.1) is 21.6 Å². The largest absolute Gasteiger partial charge is 0.357 e. The maximum absolute atomic E-state index is 10.1. The van der Waals surface area contributed by atoms with Crippen molar-refractivity contribution in [1.82, 2.24) is 10.3 Å². The van der Waals surface area contributed by atoms with Gasteiger partial charge in [-0.1, -0.05) is 0 Å². The number of hydrogen-bond donors (Lipinski definition) is 1. The van der Waals surface area contributed by atoms with Crippen molar-refractivity contribution >= 4 is 11.7 Å². The number of hydrogen-bond acceptors (Lipinski definition) is 7. The molecule has 0 unspecified atom stereocenters. The first-order valence-electron chi connectivity index (χ1n) is 6.80. The Labute approximate surface area is 128 Å². The topological polar surface area (TPSA) is 117 Å². The Morgan fingerprint density at radius 2 is 2.27 bits per heavy atom. The van der Waals surface area contributed by atoms with E-state index >= 15 is 0 Å². The van der Waals surface area contributed by atoms with Crippen molar-refractivity contribution in [2.24, 2.45) is 4.99 Å². The van der Waals surface area contributed by atoms with Crippen LogP contribution in [0.1, 0.15) is 19.4 Å². The van der Waals surface area contributed by atoms with Crippen molar-refractivity contribution in [3.05, 3.63) is 34.0 Å². The van der Waals surface area contributed by atoms with Gasteiger partial charge in [0.2, 0.25) is 0 Å². The zero-order valence-corrected chi connectivity index (χ0v) is 12.5. The molecular weight excluding hydrogens is 288 g/mol. The molecule has 0 bridgehead atoms. The van der Waals surface area contributed by atoms with Crippen LogP contribution in [0.2, 0.25) is 0 Å². The van der Waals surface area contributed by atoms with Gasteiger partial charge in [-0.25, -0.2) is 4.98 Å². The van der Waals surface area contributed by atoms with Gasteiger partial charge in [-0.05, 0) is 26.0 Å². The molecule has 0 saturated heterocycles. The zero-order valence-electron chi connectivity index (χ0n) is 12.5. The molecule has 22 heavy (non-hydrogen) atoms. The Balaban J connectivity index is 2.81. The van der Waals surface area contributed by atoms with Crippen LogP contribution >= 0.6 is 0 Å². The highest BCUT2D eigenvalue weighted by Crippen LogP contribution is 2.11. The average molecular weight is 306 g/mol. The predicted molar refractivity (Wildman–Crippen MR) is 80.9 cm³/mol. The Kier molecular flexibility index (Phi) is 7.12. The molecule has 0 fully saturated rings. The maximum atomic E-state index is 10.1. The van der Waals surface area contributed by atoms with E-state index in [9.17, 15) is 10.1 Å². The number of rotatable bonds is 8. The van der Waals surface area contributed by atoms with E-state index < -0.39 is 5.09 Å². The Bertz CT molecular complexity index is 548. The summed E-state index contributed by atoms with van der Waals surface area (Å²) in [7, 11) is 0. The highest BCUT2D eigenvalue weighted by Gasteiger charge is 2.07. The summed E-state index contributed by atoms with van der Waals surface area (Å²) in [6.45, 7) is 5.66. The molecule has 1 heterocycles. The summed E-state index contributed by atoms with van der Waals surface area (Å²) >= 11 is 0. The van der Waals surface area contributed by atoms with Gasteiger partial charge in [-0.2, -0.15) is 5.26 Å². The minimum atomic E-state index is -0.882. The minimum Gasteiger partial charge on any atom is -0.357 e. The smallest absolute Gasteiger partial charge is 0.294 e. The highest BCUT2D eigenvalue weighted by molar-refractivity contribution is 5.99. The summed E-state index contributed by atoms with van der Waals surface area (Å²) in [4.78, 5) is 24.7. The van der Waals surface area contributed by atoms with E-state index in [0.29, 0.717) is 11.4 Å². The molecule has 9 nitrogen and oxygen atoms in total. The van der Waals surface area contributed by atoms with E-state index in [2.05, 4.69) is 25.0 Å². The van der Waals surface area contributed by atoms with Crippen LogP contribution in [0.15, 0.2) is 23.3 Å². The van der Waals surface area contributed by atoms with Crippen molar-refractivity contribution in [2.75, 3.05) is 31.1 Å². The maximum Gasteiger partial charge on any atom is 0.294 e. The molecule has 0 aliphatic carbocycles. The van der Waals surface area contributed by atoms with Gasteiger partial charge in [0, 0.05) is 24.8 Å². The van der Waals surface area contributed by atoms with Crippen LogP contribution < -0.4 is 10.2 Å². The molecule has 0 radical (unpaired) electrons. The number of nitrogens with one attached hydrogen (secondary N) is 1. The normalized spacial score (nSPS) is 10.7. The molecule has 1 rings (SSSR count). The first kappa shape index (κ1) is 17.2. The zero-order chi connectivity index (χ0) is 16.4. The van der Waals surface area contributed by atoms with Gasteiger partial charge in [0.25, 0.3) is 5.09 Å². The lowest BCUT2D eigenvalue weighted by molar-refractivity contribution is -0.757. The molecule has 0 amide bonds. The van der Waals surface area contributed by atoms with Crippen LogP contribution in [0.4, 0.5) is 5.82 Å². The number of aliphatic imine (C=N–C) groups is 1. The van der Waals surface area contributed by atoms with Crippen molar-refractivity contribution in [2.45, 2.75) is 13.8 Å². The average Bonchev–Trinajstić information content (AvgIpc) is 2.52. The van der Waals surface area contributed by atoms with Crippen LogP contribution in [-0.4, -0.2) is 42.1 Å². The molecule has 0 aliphatic heterocycles. The summed E-state index contributed by atoms with van der Waals surface area (Å²) in [5, 5.41) is 20.4. The molecule has 0 aliphatic rings. The highest BCUT2D eigenvalue weighted by atomic mass is 16.9. The second-order valence-electron chi connectivity index (χ2n) is 4.10. The van der Waals surface area contributed by atoms with Gasteiger partial charge in [0.05, 0.1) is 6.54 Å². The van der Waals surface area contributed by atoms with E-state index in [4.69, 9.17) is 5.26 Å². The third kappa shape index (κ3) is 5.24. The van der Waals surface area contributed by atoms with Gasteiger partial charge in [-0.3, -0.25) is 10.3 Å². The molecule has 1 N–H and O–H groups in total. The second kappa shape index (κ2) is 9.12. The first-order chi connectivity index (χ1) is 10.6. The fraction of sp³-hybridized carbons (Fsp3) is 0.462. The van der Waals surface area contributed by atoms with Crippen LogP contribution in [0.25, 0.3) is 0 Å². The number of aromatic nitrogens is 1. The van der Waals surface area contributed by atoms with Gasteiger partial charge in [0.15, 0.2) is 6.19 Å². The number of anilines is 1. The van der Waals surface area contributed by atoms with Crippen molar-refractivity contribution < 1.29 is 9.92 Å². The van der Waals surface area contributed by atoms with Crippen LogP contribution in [-0.2, 0) is 4.84 Å². The Hall–Kier alpha value is -2.89. The van der Waals surface area contributed by atoms with Crippen molar-refractivity contribution in [3.8, 4) is 6.19 Å². The molecule has 1 aromatic rings. The standard InChI is InChI=1S/C13H18N6O3/c1-3-18(4-2)12-6-5-11(9-16-12)13(17-10-14)15-7-8-22-19(20)21/h5-6,9H,3-4,7-8H2,1-2H3,(H,15,17). The van der Waals surface area contributed by atoms with E-state index in [1.54, 1.807) is 18.5 Å². The Morgan fingerprint density at radius 3 is 2.77 bits per heavy atom. The number of amidine groups is 1. The lowest BCUT2D eigenvalue weighted by Gasteiger charge is -2.19. The summed E-state index contributed by atoms with van der Waals surface area (Å²) in [6, 6.07) is 3.63.